The Kier molecular flexibility index (Phi) is 10.8. The van der Waals surface area contributed by atoms with Crippen LogP contribution in [0.15, 0.2) is 58.1 Å². The Labute approximate surface area is 289 Å². The molecule has 0 N–H and O–H groups in total. The van der Waals surface area contributed by atoms with Gasteiger partial charge in [0.2, 0.25) is 0 Å². The summed E-state index contributed by atoms with van der Waals surface area (Å²) in [6.07, 6.45) is -1.54. The van der Waals surface area contributed by atoms with Crippen LogP contribution in [0.1, 0.15) is 38.8 Å². The Morgan fingerprint density at radius 1 is 0.560 bits per heavy atom. The number of aryl methyl sites for hydroxylation is 2. The number of hydrogen-bond donors (Lipinski definition) is 0. The van der Waals surface area contributed by atoms with E-state index in [1.807, 2.05) is 13.8 Å². The first kappa shape index (κ1) is 36.7. The number of hydrogen-bond acceptors (Lipinski definition) is 10. The van der Waals surface area contributed by atoms with E-state index >= 15 is 0 Å². The van der Waals surface area contributed by atoms with E-state index in [9.17, 15) is 19.2 Å². The summed E-state index contributed by atoms with van der Waals surface area (Å²) in [6.45, 7) is 12.1. The van der Waals surface area contributed by atoms with Gasteiger partial charge < -0.3 is 28.4 Å². The summed E-state index contributed by atoms with van der Waals surface area (Å²) in [5.74, 6) is 0. The van der Waals surface area contributed by atoms with Crippen LogP contribution in [0.4, 0.5) is 9.59 Å². The van der Waals surface area contributed by atoms with E-state index in [0.29, 0.717) is 37.5 Å². The van der Waals surface area contributed by atoms with Gasteiger partial charge in [0.25, 0.3) is 0 Å². The molecule has 0 fully saturated rings. The first-order valence-electron chi connectivity index (χ1n) is 16.4. The zero-order valence-electron chi connectivity index (χ0n) is 29.8. The van der Waals surface area contributed by atoms with Crippen molar-refractivity contribution in [3.63, 3.8) is 0 Å². The molecule has 50 heavy (non-hydrogen) atoms. The highest BCUT2D eigenvalue weighted by Crippen LogP contribution is 2.29. The number of benzene rings is 3. The fourth-order valence-corrected chi connectivity index (χ4v) is 5.85. The highest BCUT2D eigenvalue weighted by atomic mass is 16.6. The Bertz CT molecular complexity index is 2060. The Balaban J connectivity index is 1.76. The van der Waals surface area contributed by atoms with Crippen molar-refractivity contribution in [3.8, 4) is 0 Å². The largest absolute Gasteiger partial charge is 0.440 e. The molecule has 0 amide bonds. The van der Waals surface area contributed by atoms with Gasteiger partial charge in [-0.2, -0.15) is 0 Å². The standard InChI is InChI=1S/C38H44N2O10/c1-23-9-11-29-25(17-23)33(41)27-19-32-28(20-31(27)39(29)35(43)49-37(3,4)21-47-15-13-45-7)34(42)26-18-24(2)10-12-30(26)40(32)36(44)50-38(5,6)22-48-16-14-46-8/h9-12,17-20H,13-16,21-22H2,1-8H3. The Hall–Kier alpha value is -4.62. The summed E-state index contributed by atoms with van der Waals surface area (Å²) in [5.41, 5.74) is -0.356. The molecule has 0 spiro atoms. The number of nitrogens with zero attached hydrogens (tertiary/aromatic N) is 2. The number of aromatic nitrogens is 2. The molecule has 0 aliphatic heterocycles. The van der Waals surface area contributed by atoms with E-state index in [2.05, 4.69) is 0 Å². The second kappa shape index (κ2) is 14.7. The van der Waals surface area contributed by atoms with Gasteiger partial charge >= 0.3 is 12.2 Å². The van der Waals surface area contributed by atoms with Crippen LogP contribution in [-0.2, 0) is 28.4 Å². The zero-order valence-corrected chi connectivity index (χ0v) is 29.8. The maximum Gasteiger partial charge on any atom is 0.419 e. The first-order chi connectivity index (χ1) is 23.7. The van der Waals surface area contributed by atoms with Gasteiger partial charge in [0.05, 0.1) is 61.7 Å². The van der Waals surface area contributed by atoms with Gasteiger partial charge in [-0.1, -0.05) is 23.3 Å². The van der Waals surface area contributed by atoms with Crippen LogP contribution in [0.2, 0.25) is 0 Å². The van der Waals surface area contributed by atoms with Crippen molar-refractivity contribution in [1.29, 1.82) is 0 Å². The van der Waals surface area contributed by atoms with Crippen molar-refractivity contribution >= 4 is 55.8 Å². The van der Waals surface area contributed by atoms with Crippen molar-refractivity contribution in [1.82, 2.24) is 9.13 Å². The third-order valence-corrected chi connectivity index (χ3v) is 8.22. The number of carbonyl (C=O) groups is 2. The molecule has 0 atom stereocenters. The van der Waals surface area contributed by atoms with E-state index < -0.39 is 23.4 Å². The minimum Gasteiger partial charge on any atom is -0.440 e. The molecule has 0 aliphatic rings. The summed E-state index contributed by atoms with van der Waals surface area (Å²) in [6, 6.07) is 13.3. The molecule has 12 heteroatoms. The third-order valence-electron chi connectivity index (χ3n) is 8.22. The lowest BCUT2D eigenvalue weighted by Gasteiger charge is -2.27. The van der Waals surface area contributed by atoms with Crippen LogP contribution in [-0.4, -0.2) is 86.4 Å². The van der Waals surface area contributed by atoms with Gasteiger partial charge in [-0.3, -0.25) is 9.59 Å². The zero-order chi connectivity index (χ0) is 36.4. The first-order valence-corrected chi connectivity index (χ1v) is 16.4. The number of methoxy groups -OCH3 is 2. The summed E-state index contributed by atoms with van der Waals surface area (Å²) in [5, 5.41) is 0.753. The summed E-state index contributed by atoms with van der Waals surface area (Å²) in [7, 11) is 3.13. The van der Waals surface area contributed by atoms with Crippen LogP contribution in [0.5, 0.6) is 0 Å². The molecular formula is C38H44N2O10. The van der Waals surface area contributed by atoms with E-state index in [4.69, 9.17) is 28.4 Å². The normalized spacial score (nSPS) is 12.3. The average molecular weight is 689 g/mol. The second-order valence-electron chi connectivity index (χ2n) is 13.6. The van der Waals surface area contributed by atoms with Gasteiger partial charge in [0.1, 0.15) is 11.2 Å². The molecule has 3 aromatic carbocycles. The summed E-state index contributed by atoms with van der Waals surface area (Å²) < 4.78 is 35.9. The van der Waals surface area contributed by atoms with Gasteiger partial charge in [-0.25, -0.2) is 18.7 Å². The predicted octanol–water partition coefficient (Wildman–Crippen LogP) is 6.09. The highest BCUT2D eigenvalue weighted by molar-refractivity contribution is 6.09. The minimum atomic E-state index is -1.06. The highest BCUT2D eigenvalue weighted by Gasteiger charge is 2.29. The molecule has 0 saturated heterocycles. The van der Waals surface area contributed by atoms with Crippen LogP contribution < -0.4 is 10.9 Å². The Morgan fingerprint density at radius 2 is 0.920 bits per heavy atom. The Morgan fingerprint density at radius 3 is 1.28 bits per heavy atom. The number of pyridine rings is 2. The molecule has 5 aromatic rings. The molecule has 2 aromatic heterocycles. The van der Waals surface area contributed by atoms with Crippen LogP contribution in [0.25, 0.3) is 43.6 Å². The third kappa shape index (κ3) is 7.58. The van der Waals surface area contributed by atoms with Crippen LogP contribution >= 0.6 is 0 Å². The molecule has 0 radical (unpaired) electrons. The molecule has 12 nitrogen and oxygen atoms in total. The fraction of sp³-hybridized carbons (Fsp3) is 0.421. The second-order valence-corrected chi connectivity index (χ2v) is 13.6. The van der Waals surface area contributed by atoms with Crippen molar-refractivity contribution in [2.24, 2.45) is 0 Å². The van der Waals surface area contributed by atoms with Gasteiger partial charge in [0, 0.05) is 35.8 Å². The fourth-order valence-electron chi connectivity index (χ4n) is 5.85. The molecule has 5 rings (SSSR count). The molecule has 0 aliphatic carbocycles. The maximum absolute atomic E-state index is 14.2. The minimum absolute atomic E-state index is 0.0894. The lowest BCUT2D eigenvalue weighted by Crippen LogP contribution is -2.36. The van der Waals surface area contributed by atoms with Crippen molar-refractivity contribution < 1.29 is 38.0 Å². The SMILES string of the molecule is COCCOCC(C)(C)OC(=O)n1c2ccc(C)cc2c(=O)c2cc3c(cc21)c(=O)c1cc(C)ccc1n3C(=O)OC(C)(C)COCCOC. The predicted molar refractivity (Wildman–Crippen MR) is 192 cm³/mol. The van der Waals surface area contributed by atoms with Gasteiger partial charge in [-0.05, 0) is 77.9 Å². The summed E-state index contributed by atoms with van der Waals surface area (Å²) in [4.78, 5) is 56.6. The van der Waals surface area contributed by atoms with Crippen molar-refractivity contribution in [2.45, 2.75) is 52.7 Å². The van der Waals surface area contributed by atoms with Crippen molar-refractivity contribution in [3.05, 3.63) is 80.1 Å². The van der Waals surface area contributed by atoms with Crippen LogP contribution in [0, 0.1) is 13.8 Å². The average Bonchev–Trinajstić information content (AvgIpc) is 3.05. The number of fused-ring (bicyclic) bond motifs is 4. The summed E-state index contributed by atoms with van der Waals surface area (Å²) >= 11 is 0. The monoisotopic (exact) mass is 688 g/mol. The molecule has 0 unspecified atom stereocenters. The van der Waals surface area contributed by atoms with E-state index in [0.717, 1.165) is 11.1 Å². The molecular weight excluding hydrogens is 644 g/mol. The molecule has 0 saturated carbocycles. The number of ether oxygens (including phenoxy) is 6. The van der Waals surface area contributed by atoms with E-state index in [1.165, 1.54) is 21.3 Å². The number of carbonyl (C=O) groups excluding carboxylic acids is 2. The van der Waals surface area contributed by atoms with E-state index in [1.54, 1.807) is 78.3 Å². The van der Waals surface area contributed by atoms with Gasteiger partial charge in [-0.15, -0.1) is 0 Å². The van der Waals surface area contributed by atoms with Gasteiger partial charge in [0.15, 0.2) is 10.9 Å². The lowest BCUT2D eigenvalue weighted by atomic mass is 10.0. The quantitative estimate of drug-likeness (QED) is 0.112. The number of rotatable bonds is 12. The van der Waals surface area contributed by atoms with Crippen molar-refractivity contribution in [2.75, 3.05) is 53.9 Å². The molecule has 0 bridgehead atoms. The topological polar surface area (TPSA) is 134 Å². The molecule has 266 valence electrons. The molecule has 2 heterocycles. The smallest absolute Gasteiger partial charge is 0.419 e. The lowest BCUT2D eigenvalue weighted by molar-refractivity contribution is -0.0418. The van der Waals surface area contributed by atoms with Crippen LogP contribution in [0.3, 0.4) is 0 Å². The maximum atomic E-state index is 14.2. The van der Waals surface area contributed by atoms with E-state index in [-0.39, 0.29) is 56.6 Å².